The molecule has 3 atom stereocenters. The summed E-state index contributed by atoms with van der Waals surface area (Å²) in [6, 6.07) is 7.17. The van der Waals surface area contributed by atoms with E-state index in [0.29, 0.717) is 24.3 Å². The third kappa shape index (κ3) is 4.86. The van der Waals surface area contributed by atoms with Gasteiger partial charge in [-0.05, 0) is 49.2 Å². The van der Waals surface area contributed by atoms with Gasteiger partial charge in [0.15, 0.2) is 11.6 Å². The fourth-order valence-electron chi connectivity index (χ4n) is 4.22. The molecule has 2 heterocycles. The minimum Gasteiger partial charge on any atom is -0.490 e. The van der Waals surface area contributed by atoms with Crippen LogP contribution in [0.1, 0.15) is 40.0 Å². The lowest BCUT2D eigenvalue weighted by molar-refractivity contribution is -0.151. The van der Waals surface area contributed by atoms with Crippen LogP contribution in [0.5, 0.6) is 5.75 Å². The third-order valence-corrected chi connectivity index (χ3v) is 6.07. The number of fused-ring (bicyclic) bond motifs is 2. The largest absolute Gasteiger partial charge is 0.490 e. The second-order valence-corrected chi connectivity index (χ2v) is 8.24. The van der Waals surface area contributed by atoms with Crippen LogP contribution in [0.4, 0.5) is 14.5 Å². The molecule has 2 aromatic carbocycles. The van der Waals surface area contributed by atoms with Gasteiger partial charge in [0.2, 0.25) is 0 Å². The molecule has 2 aliphatic rings. The van der Waals surface area contributed by atoms with Gasteiger partial charge in [-0.3, -0.25) is 14.4 Å². The molecular weight excluding hydrogens is 450 g/mol. The zero-order valence-electron chi connectivity index (χ0n) is 18.7. The summed E-state index contributed by atoms with van der Waals surface area (Å²) < 4.78 is 43.3. The highest BCUT2D eigenvalue weighted by molar-refractivity contribution is 6.05. The second-order valence-electron chi connectivity index (χ2n) is 8.24. The number of halogens is 2. The van der Waals surface area contributed by atoms with Crippen molar-refractivity contribution in [2.24, 2.45) is 0 Å². The number of hydrogen-bond donors (Lipinski definition) is 1. The smallest absolute Gasteiger partial charge is 0.308 e. The van der Waals surface area contributed by atoms with Gasteiger partial charge in [-0.2, -0.15) is 0 Å². The van der Waals surface area contributed by atoms with Gasteiger partial charge in [-0.1, -0.05) is 0 Å². The summed E-state index contributed by atoms with van der Waals surface area (Å²) in [7, 11) is 3.00. The lowest BCUT2D eigenvalue weighted by Gasteiger charge is -2.42. The van der Waals surface area contributed by atoms with Gasteiger partial charge in [0.05, 0.1) is 31.2 Å². The Balaban J connectivity index is 1.52. The molecule has 4 rings (SSSR count). The lowest BCUT2D eigenvalue weighted by Crippen LogP contribution is -2.53. The Kier molecular flexibility index (Phi) is 6.78. The number of hydrogen-bond acceptors (Lipinski definition) is 6. The number of carbonyl (C=O) groups is 3. The van der Waals surface area contributed by atoms with Crippen molar-refractivity contribution in [3.8, 4) is 5.75 Å². The lowest BCUT2D eigenvalue weighted by atomic mass is 9.94. The fourth-order valence-corrected chi connectivity index (χ4v) is 4.22. The van der Waals surface area contributed by atoms with Crippen LogP contribution in [0.25, 0.3) is 0 Å². The van der Waals surface area contributed by atoms with Crippen LogP contribution < -0.4 is 10.1 Å². The van der Waals surface area contributed by atoms with Crippen molar-refractivity contribution in [3.63, 3.8) is 0 Å². The van der Waals surface area contributed by atoms with Crippen molar-refractivity contribution in [1.29, 1.82) is 0 Å². The Morgan fingerprint density at radius 2 is 1.94 bits per heavy atom. The number of nitrogens with zero attached hydrogens (tertiary/aromatic N) is 1. The molecule has 0 unspecified atom stereocenters. The zero-order valence-corrected chi connectivity index (χ0v) is 18.7. The summed E-state index contributed by atoms with van der Waals surface area (Å²) >= 11 is 0. The maximum absolute atomic E-state index is 13.5. The minimum atomic E-state index is -1.13. The first-order valence-electron chi connectivity index (χ1n) is 10.8. The highest BCUT2D eigenvalue weighted by Crippen LogP contribution is 2.32. The number of rotatable bonds is 4. The minimum absolute atomic E-state index is 0.0611. The van der Waals surface area contributed by atoms with Crippen molar-refractivity contribution >= 4 is 23.5 Å². The van der Waals surface area contributed by atoms with Crippen LogP contribution in [0, 0.1) is 11.6 Å². The van der Waals surface area contributed by atoms with Crippen molar-refractivity contribution in [1.82, 2.24) is 4.90 Å². The molecule has 1 N–H and O–H groups in total. The van der Waals surface area contributed by atoms with Crippen molar-refractivity contribution in [3.05, 3.63) is 59.2 Å². The molecular formula is C24H24F2N2O6. The molecule has 0 radical (unpaired) electrons. The summed E-state index contributed by atoms with van der Waals surface area (Å²) in [5, 5.41) is 2.59. The first-order chi connectivity index (χ1) is 16.3. The number of benzene rings is 2. The summed E-state index contributed by atoms with van der Waals surface area (Å²) in [5.41, 5.74) is 0.490. The highest BCUT2D eigenvalue weighted by Gasteiger charge is 2.39. The number of anilines is 1. The standard InChI is InChI=1S/C24H24F2N2O6/c1-28-19-7-5-15(11-22(29)32-2)34-21(19)12-33-20-8-4-14(10-16(20)24(28)31)27-23(30)13-3-6-17(25)18(26)9-13/h3-4,6,8-10,15,19,21H,5,7,11-12H2,1-2H3,(H,27,30)/t15-,19-,21+/m1/s1. The first-order valence-corrected chi connectivity index (χ1v) is 10.8. The van der Waals surface area contributed by atoms with E-state index in [0.717, 1.165) is 12.1 Å². The molecule has 180 valence electrons. The van der Waals surface area contributed by atoms with E-state index in [1.165, 1.54) is 19.2 Å². The van der Waals surface area contributed by atoms with E-state index >= 15 is 0 Å². The predicted molar refractivity (Wildman–Crippen MR) is 117 cm³/mol. The van der Waals surface area contributed by atoms with Gasteiger partial charge in [-0.15, -0.1) is 0 Å². The molecule has 0 saturated carbocycles. The van der Waals surface area contributed by atoms with Crippen molar-refractivity contribution in [2.75, 3.05) is 26.1 Å². The second kappa shape index (κ2) is 9.76. The molecule has 1 saturated heterocycles. The van der Waals surface area contributed by atoms with E-state index in [9.17, 15) is 23.2 Å². The quantitative estimate of drug-likeness (QED) is 0.685. The maximum atomic E-state index is 13.5. The molecule has 0 aromatic heterocycles. The van der Waals surface area contributed by atoms with Crippen LogP contribution >= 0.6 is 0 Å². The van der Waals surface area contributed by atoms with E-state index in [-0.39, 0.29) is 48.2 Å². The average molecular weight is 474 g/mol. The van der Waals surface area contributed by atoms with E-state index in [1.807, 2.05) is 0 Å². The fraction of sp³-hybridized carbons (Fsp3) is 0.375. The van der Waals surface area contributed by atoms with Crippen LogP contribution in [0.2, 0.25) is 0 Å². The Hall–Kier alpha value is -3.53. The summed E-state index contributed by atoms with van der Waals surface area (Å²) in [6.45, 7) is 0.174. The van der Waals surface area contributed by atoms with E-state index < -0.39 is 23.6 Å². The molecule has 2 aliphatic heterocycles. The van der Waals surface area contributed by atoms with Gasteiger partial charge in [0.25, 0.3) is 11.8 Å². The van der Waals surface area contributed by atoms with Gasteiger partial charge < -0.3 is 24.4 Å². The number of methoxy groups -OCH3 is 1. The first kappa shape index (κ1) is 23.6. The van der Waals surface area contributed by atoms with Gasteiger partial charge in [-0.25, -0.2) is 8.78 Å². The average Bonchev–Trinajstić information content (AvgIpc) is 2.83. The topological polar surface area (TPSA) is 94.2 Å². The Morgan fingerprint density at radius 1 is 1.15 bits per heavy atom. The summed E-state index contributed by atoms with van der Waals surface area (Å²) in [5.74, 6) is -3.19. The van der Waals surface area contributed by atoms with Gasteiger partial charge in [0, 0.05) is 18.3 Å². The monoisotopic (exact) mass is 474 g/mol. The molecule has 1 fully saturated rings. The third-order valence-electron chi connectivity index (χ3n) is 6.07. The number of esters is 1. The zero-order chi connectivity index (χ0) is 24.4. The van der Waals surface area contributed by atoms with E-state index in [2.05, 4.69) is 5.32 Å². The highest BCUT2D eigenvalue weighted by atomic mass is 19.2. The van der Waals surface area contributed by atoms with Gasteiger partial charge in [0.1, 0.15) is 18.5 Å². The molecule has 0 spiro atoms. The number of amides is 2. The number of carbonyl (C=O) groups excluding carboxylic acids is 3. The molecule has 34 heavy (non-hydrogen) atoms. The molecule has 10 heteroatoms. The molecule has 2 aromatic rings. The SMILES string of the molecule is COC(=O)C[C@H]1CC[C@@H]2[C@H](COc3ccc(NC(=O)c4ccc(F)c(F)c4)cc3C(=O)N2C)O1. The number of ether oxygens (including phenoxy) is 3. The predicted octanol–water partition coefficient (Wildman–Crippen LogP) is 3.16. The van der Waals surface area contributed by atoms with E-state index in [4.69, 9.17) is 14.2 Å². The number of likely N-dealkylation sites (N-methyl/N-ethyl adjacent to an activating group) is 1. The van der Waals surface area contributed by atoms with Crippen molar-refractivity contribution in [2.45, 2.75) is 37.5 Å². The van der Waals surface area contributed by atoms with Crippen LogP contribution in [-0.4, -0.2) is 61.7 Å². The van der Waals surface area contributed by atoms with Crippen LogP contribution in [0.15, 0.2) is 36.4 Å². The molecule has 8 nitrogen and oxygen atoms in total. The van der Waals surface area contributed by atoms with Crippen LogP contribution in [-0.2, 0) is 14.3 Å². The summed E-state index contributed by atoms with van der Waals surface area (Å²) in [6.07, 6.45) is 0.617. The normalized spacial score (nSPS) is 21.9. The molecule has 2 amide bonds. The Morgan fingerprint density at radius 3 is 2.68 bits per heavy atom. The maximum Gasteiger partial charge on any atom is 0.308 e. The number of nitrogens with one attached hydrogen (secondary N) is 1. The van der Waals surface area contributed by atoms with Crippen LogP contribution in [0.3, 0.4) is 0 Å². The van der Waals surface area contributed by atoms with E-state index in [1.54, 1.807) is 24.1 Å². The van der Waals surface area contributed by atoms with Crippen molar-refractivity contribution < 1.29 is 37.4 Å². The molecule has 0 aliphatic carbocycles. The Bertz CT molecular complexity index is 1120. The van der Waals surface area contributed by atoms with Gasteiger partial charge >= 0.3 is 5.97 Å². The summed E-state index contributed by atoms with van der Waals surface area (Å²) in [4.78, 5) is 38.9. The molecule has 0 bridgehead atoms. The Labute approximate surface area is 194 Å².